The highest BCUT2D eigenvalue weighted by molar-refractivity contribution is 8.05. The molecule has 23 heavy (non-hydrogen) atoms. The Morgan fingerprint density at radius 3 is 2.87 bits per heavy atom. The summed E-state index contributed by atoms with van der Waals surface area (Å²) in [6.07, 6.45) is 14.4. The van der Waals surface area contributed by atoms with Gasteiger partial charge in [0.15, 0.2) is 0 Å². The van der Waals surface area contributed by atoms with E-state index in [4.69, 9.17) is 11.6 Å². The van der Waals surface area contributed by atoms with Gasteiger partial charge in [0.1, 0.15) is 0 Å². The standard InChI is InChI=1S/C11H18ClNOS.C8H10/c1-2-15-11(8-12)10(14)7-9-3-5-13-6-4-9;1-8-6-4-2-3-5-7-8/h2,8-10,13-14H,1,3-7H2;2,4-7H,3H2,1H3/b11-8+;. The van der Waals surface area contributed by atoms with Crippen LogP contribution in [0.1, 0.15) is 32.6 Å². The molecule has 0 amide bonds. The molecule has 1 fully saturated rings. The van der Waals surface area contributed by atoms with Crippen molar-refractivity contribution in [2.75, 3.05) is 13.1 Å². The molecule has 2 N–H and O–H groups in total. The molecule has 1 aliphatic carbocycles. The lowest BCUT2D eigenvalue weighted by Gasteiger charge is -2.25. The molecule has 0 radical (unpaired) electrons. The number of thioether (sulfide) groups is 1. The molecular weight excluding hydrogens is 326 g/mol. The van der Waals surface area contributed by atoms with Crippen LogP contribution in [0.15, 0.2) is 58.4 Å². The number of nitrogens with one attached hydrogen (secondary N) is 1. The third kappa shape index (κ3) is 9.21. The Hall–Kier alpha value is -0.740. The summed E-state index contributed by atoms with van der Waals surface area (Å²) in [7, 11) is 0. The Bertz CT molecular complexity index is 462. The molecule has 0 aromatic rings. The van der Waals surface area contributed by atoms with Gasteiger partial charge in [-0.1, -0.05) is 65.9 Å². The number of halogens is 1. The van der Waals surface area contributed by atoms with Crippen molar-refractivity contribution in [2.45, 2.75) is 38.7 Å². The van der Waals surface area contributed by atoms with Gasteiger partial charge in [-0.15, -0.1) is 0 Å². The molecular formula is C19H28ClNOS. The Balaban J connectivity index is 0.000000277. The molecule has 2 rings (SSSR count). The molecule has 1 atom stereocenters. The molecule has 4 heteroatoms. The minimum atomic E-state index is -0.436. The number of allylic oxidation sites excluding steroid dienone is 6. The van der Waals surface area contributed by atoms with E-state index in [1.165, 1.54) is 22.9 Å². The number of aliphatic hydroxyl groups excluding tert-OH is 1. The topological polar surface area (TPSA) is 32.3 Å². The van der Waals surface area contributed by atoms with Crippen molar-refractivity contribution >= 4 is 23.4 Å². The second-order valence-corrected chi connectivity index (χ2v) is 6.98. The molecule has 1 saturated heterocycles. The third-order valence-corrected chi connectivity index (χ3v) is 5.01. The van der Waals surface area contributed by atoms with Gasteiger partial charge in [0.25, 0.3) is 0 Å². The molecule has 0 saturated carbocycles. The van der Waals surface area contributed by atoms with Crippen molar-refractivity contribution < 1.29 is 5.11 Å². The van der Waals surface area contributed by atoms with E-state index >= 15 is 0 Å². The number of rotatable bonds is 5. The monoisotopic (exact) mass is 353 g/mol. The molecule has 1 unspecified atom stereocenters. The minimum Gasteiger partial charge on any atom is -0.388 e. The van der Waals surface area contributed by atoms with Crippen molar-refractivity contribution in [2.24, 2.45) is 5.92 Å². The molecule has 1 aliphatic heterocycles. The third-order valence-electron chi connectivity index (χ3n) is 3.82. The van der Waals surface area contributed by atoms with Gasteiger partial charge in [0.05, 0.1) is 6.10 Å². The van der Waals surface area contributed by atoms with Gasteiger partial charge in [0, 0.05) is 10.4 Å². The van der Waals surface area contributed by atoms with E-state index in [0.717, 1.165) is 43.7 Å². The second kappa shape index (κ2) is 12.7. The number of hydrogen-bond acceptors (Lipinski definition) is 3. The van der Waals surface area contributed by atoms with Gasteiger partial charge in [0.2, 0.25) is 0 Å². The molecule has 128 valence electrons. The van der Waals surface area contributed by atoms with E-state index < -0.39 is 6.10 Å². The Morgan fingerprint density at radius 1 is 1.48 bits per heavy atom. The smallest absolute Gasteiger partial charge is 0.0863 e. The first kappa shape index (κ1) is 20.3. The lowest BCUT2D eigenvalue weighted by Crippen LogP contribution is -2.29. The molecule has 1 heterocycles. The van der Waals surface area contributed by atoms with Gasteiger partial charge in [-0.25, -0.2) is 0 Å². The van der Waals surface area contributed by atoms with Crippen LogP contribution in [0.25, 0.3) is 0 Å². The number of piperidine rings is 1. The van der Waals surface area contributed by atoms with Crippen molar-refractivity contribution in [1.82, 2.24) is 5.32 Å². The van der Waals surface area contributed by atoms with Gasteiger partial charge < -0.3 is 10.4 Å². The molecule has 0 aromatic carbocycles. The second-order valence-electron chi connectivity index (χ2n) is 5.72. The van der Waals surface area contributed by atoms with Crippen LogP contribution >= 0.6 is 23.4 Å². The predicted octanol–water partition coefficient (Wildman–Crippen LogP) is 5.14. The summed E-state index contributed by atoms with van der Waals surface area (Å²) in [6, 6.07) is 0. The van der Waals surface area contributed by atoms with E-state index in [1.54, 1.807) is 5.41 Å². The fourth-order valence-electron chi connectivity index (χ4n) is 2.51. The minimum absolute atomic E-state index is 0.436. The summed E-state index contributed by atoms with van der Waals surface area (Å²) in [5.74, 6) is 0.610. The van der Waals surface area contributed by atoms with E-state index in [2.05, 4.69) is 49.2 Å². The Morgan fingerprint density at radius 2 is 2.22 bits per heavy atom. The van der Waals surface area contributed by atoms with Crippen LogP contribution in [-0.4, -0.2) is 24.3 Å². The van der Waals surface area contributed by atoms with Crippen molar-refractivity contribution in [3.8, 4) is 0 Å². The maximum Gasteiger partial charge on any atom is 0.0863 e. The summed E-state index contributed by atoms with van der Waals surface area (Å²) >= 11 is 7.06. The van der Waals surface area contributed by atoms with Crippen LogP contribution in [0, 0.1) is 5.92 Å². The zero-order valence-corrected chi connectivity index (χ0v) is 15.5. The van der Waals surface area contributed by atoms with Gasteiger partial charge in [-0.05, 0) is 57.0 Å². The highest BCUT2D eigenvalue weighted by atomic mass is 35.5. The van der Waals surface area contributed by atoms with Gasteiger partial charge >= 0.3 is 0 Å². The van der Waals surface area contributed by atoms with Crippen molar-refractivity contribution in [1.29, 1.82) is 0 Å². The summed E-state index contributed by atoms with van der Waals surface area (Å²) in [5.41, 5.74) is 2.79. The van der Waals surface area contributed by atoms with E-state index in [1.807, 2.05) is 0 Å². The number of hydrogen-bond donors (Lipinski definition) is 2. The quantitative estimate of drug-likeness (QED) is 0.717. The van der Waals surface area contributed by atoms with Crippen LogP contribution in [0.2, 0.25) is 0 Å². The highest BCUT2D eigenvalue weighted by Gasteiger charge is 2.19. The Kier molecular flexibility index (Phi) is 11.2. The fraction of sp³-hybridized carbons (Fsp3) is 0.474. The Labute approximate surface area is 150 Å². The summed E-state index contributed by atoms with van der Waals surface area (Å²) in [6.45, 7) is 7.85. The van der Waals surface area contributed by atoms with Crippen molar-refractivity contribution in [3.63, 3.8) is 0 Å². The number of aliphatic hydroxyl groups is 1. The van der Waals surface area contributed by atoms with Gasteiger partial charge in [-0.3, -0.25) is 0 Å². The predicted molar refractivity (Wildman–Crippen MR) is 105 cm³/mol. The molecule has 0 bridgehead atoms. The summed E-state index contributed by atoms with van der Waals surface area (Å²) < 4.78 is 0. The van der Waals surface area contributed by atoms with Crippen LogP contribution in [-0.2, 0) is 0 Å². The molecule has 0 aromatic heterocycles. The molecule has 2 aliphatic rings. The fourth-order valence-corrected chi connectivity index (χ4v) is 3.31. The first-order valence-electron chi connectivity index (χ1n) is 8.14. The van der Waals surface area contributed by atoms with Crippen LogP contribution in [0.5, 0.6) is 0 Å². The van der Waals surface area contributed by atoms with Crippen LogP contribution in [0.4, 0.5) is 0 Å². The van der Waals surface area contributed by atoms with E-state index in [0.29, 0.717) is 5.92 Å². The van der Waals surface area contributed by atoms with E-state index in [-0.39, 0.29) is 0 Å². The zero-order chi connectivity index (χ0) is 16.9. The highest BCUT2D eigenvalue weighted by Crippen LogP contribution is 2.27. The summed E-state index contributed by atoms with van der Waals surface area (Å²) in [4.78, 5) is 0.796. The molecule has 0 spiro atoms. The average molecular weight is 354 g/mol. The van der Waals surface area contributed by atoms with Crippen molar-refractivity contribution in [3.05, 3.63) is 58.4 Å². The zero-order valence-electron chi connectivity index (χ0n) is 13.9. The first-order chi connectivity index (χ1) is 11.2. The van der Waals surface area contributed by atoms with Crippen LogP contribution < -0.4 is 5.32 Å². The lowest BCUT2D eigenvalue weighted by molar-refractivity contribution is 0.170. The first-order valence-corrected chi connectivity index (χ1v) is 9.45. The van der Waals surface area contributed by atoms with Gasteiger partial charge in [-0.2, -0.15) is 0 Å². The lowest BCUT2D eigenvalue weighted by atomic mass is 9.92. The normalized spacial score (nSPS) is 20.1. The van der Waals surface area contributed by atoms with E-state index in [9.17, 15) is 5.11 Å². The van der Waals surface area contributed by atoms with Crippen LogP contribution in [0.3, 0.4) is 0 Å². The maximum atomic E-state index is 9.95. The SMILES string of the molecule is C=CS/C(=C/Cl)C(O)CC1CCNCC1.CC1=CC=CCC=C1. The average Bonchev–Trinajstić information content (AvgIpc) is 2.81. The largest absolute Gasteiger partial charge is 0.388 e. The maximum absolute atomic E-state index is 9.95. The molecule has 2 nitrogen and oxygen atoms in total. The summed E-state index contributed by atoms with van der Waals surface area (Å²) in [5, 5.41) is 15.0.